The van der Waals surface area contributed by atoms with Gasteiger partial charge in [0.2, 0.25) is 0 Å². The Morgan fingerprint density at radius 2 is 1.56 bits per heavy atom. The number of anilines is 2. The Morgan fingerprint density at radius 1 is 0.889 bits per heavy atom. The highest BCUT2D eigenvalue weighted by atomic mass is 16.5. The molecule has 2 amide bonds. The molecular formula is C20H23N3O4. The number of para-hydroxylation sites is 2. The van der Waals surface area contributed by atoms with Gasteiger partial charge in [0.25, 0.3) is 0 Å². The fourth-order valence-corrected chi connectivity index (χ4v) is 3.03. The molecule has 0 saturated carbocycles. The number of hydrogen-bond acceptors (Lipinski definition) is 5. The van der Waals surface area contributed by atoms with Gasteiger partial charge in [0.15, 0.2) is 0 Å². The van der Waals surface area contributed by atoms with E-state index in [1.807, 2.05) is 24.3 Å². The molecule has 7 heteroatoms. The predicted molar refractivity (Wildman–Crippen MR) is 103 cm³/mol. The molecule has 7 nitrogen and oxygen atoms in total. The lowest BCUT2D eigenvalue weighted by molar-refractivity contribution is -0.143. The predicted octanol–water partition coefficient (Wildman–Crippen LogP) is 1.99. The Morgan fingerprint density at radius 3 is 2.19 bits per heavy atom. The Hall–Kier alpha value is -3.22. The van der Waals surface area contributed by atoms with Crippen LogP contribution in [0.5, 0.6) is 11.5 Å². The Bertz CT molecular complexity index is 799. The molecule has 142 valence electrons. The van der Waals surface area contributed by atoms with Gasteiger partial charge in [-0.05, 0) is 36.4 Å². The number of rotatable bonds is 4. The first-order valence-corrected chi connectivity index (χ1v) is 8.74. The van der Waals surface area contributed by atoms with Crippen molar-refractivity contribution in [1.82, 2.24) is 4.90 Å². The summed E-state index contributed by atoms with van der Waals surface area (Å²) in [6.45, 7) is 2.31. The van der Waals surface area contributed by atoms with Gasteiger partial charge >= 0.3 is 11.8 Å². The highest BCUT2D eigenvalue weighted by Crippen LogP contribution is 2.23. The Kier molecular flexibility index (Phi) is 5.80. The van der Waals surface area contributed by atoms with E-state index in [1.54, 1.807) is 36.3 Å². The topological polar surface area (TPSA) is 71.1 Å². The summed E-state index contributed by atoms with van der Waals surface area (Å²) in [7, 11) is 3.15. The van der Waals surface area contributed by atoms with Crippen LogP contribution in [0.4, 0.5) is 11.4 Å². The minimum Gasteiger partial charge on any atom is -0.497 e. The van der Waals surface area contributed by atoms with Crippen LogP contribution in [-0.4, -0.2) is 57.1 Å². The van der Waals surface area contributed by atoms with E-state index in [0.717, 1.165) is 11.4 Å². The third kappa shape index (κ3) is 4.31. The Balaban J connectivity index is 1.56. The van der Waals surface area contributed by atoms with Gasteiger partial charge in [-0.2, -0.15) is 0 Å². The molecule has 0 radical (unpaired) electrons. The minimum atomic E-state index is -0.655. The second kappa shape index (κ2) is 8.44. The van der Waals surface area contributed by atoms with E-state index in [0.29, 0.717) is 37.6 Å². The van der Waals surface area contributed by atoms with Crippen molar-refractivity contribution < 1.29 is 19.1 Å². The van der Waals surface area contributed by atoms with Crippen LogP contribution in [0.25, 0.3) is 0 Å². The lowest BCUT2D eigenvalue weighted by atomic mass is 10.2. The molecule has 1 saturated heterocycles. The van der Waals surface area contributed by atoms with Crippen molar-refractivity contribution in [1.29, 1.82) is 0 Å². The zero-order chi connectivity index (χ0) is 19.2. The molecule has 0 spiro atoms. The number of methoxy groups -OCH3 is 2. The van der Waals surface area contributed by atoms with Gasteiger partial charge in [-0.3, -0.25) is 9.59 Å². The minimum absolute atomic E-state index is 0.482. The van der Waals surface area contributed by atoms with Gasteiger partial charge in [0.1, 0.15) is 11.5 Å². The molecule has 0 aliphatic carbocycles. The highest BCUT2D eigenvalue weighted by Gasteiger charge is 2.26. The van der Waals surface area contributed by atoms with Gasteiger partial charge in [0.05, 0.1) is 19.9 Å². The first-order chi connectivity index (χ1) is 13.1. The monoisotopic (exact) mass is 369 g/mol. The van der Waals surface area contributed by atoms with Crippen molar-refractivity contribution in [3.05, 3.63) is 48.5 Å². The lowest BCUT2D eigenvalue weighted by Crippen LogP contribution is -2.51. The second-order valence-corrected chi connectivity index (χ2v) is 6.13. The van der Waals surface area contributed by atoms with Gasteiger partial charge in [-0.15, -0.1) is 0 Å². The zero-order valence-corrected chi connectivity index (χ0v) is 15.5. The molecule has 1 aliphatic rings. The van der Waals surface area contributed by atoms with Crippen LogP contribution >= 0.6 is 0 Å². The average molecular weight is 369 g/mol. The van der Waals surface area contributed by atoms with Crippen molar-refractivity contribution in [2.24, 2.45) is 0 Å². The van der Waals surface area contributed by atoms with Gasteiger partial charge in [-0.25, -0.2) is 0 Å². The maximum absolute atomic E-state index is 12.5. The summed E-state index contributed by atoms with van der Waals surface area (Å²) >= 11 is 0. The molecule has 0 atom stereocenters. The maximum Gasteiger partial charge on any atom is 0.314 e. The maximum atomic E-state index is 12.5. The largest absolute Gasteiger partial charge is 0.497 e. The molecule has 2 aromatic rings. The van der Waals surface area contributed by atoms with E-state index >= 15 is 0 Å². The summed E-state index contributed by atoms with van der Waals surface area (Å²) in [5.74, 6) is 0.135. The van der Waals surface area contributed by atoms with E-state index in [-0.39, 0.29) is 0 Å². The van der Waals surface area contributed by atoms with E-state index in [4.69, 9.17) is 9.47 Å². The fraction of sp³-hybridized carbons (Fsp3) is 0.300. The van der Waals surface area contributed by atoms with Crippen LogP contribution in [0.1, 0.15) is 0 Å². The zero-order valence-electron chi connectivity index (χ0n) is 15.5. The molecule has 1 aliphatic heterocycles. The first kappa shape index (κ1) is 18.6. The molecule has 0 bridgehead atoms. The number of carbonyl (C=O) groups is 2. The molecular weight excluding hydrogens is 346 g/mol. The molecule has 27 heavy (non-hydrogen) atoms. The molecule has 1 N–H and O–H groups in total. The van der Waals surface area contributed by atoms with Crippen molar-refractivity contribution in [3.8, 4) is 11.5 Å². The van der Waals surface area contributed by atoms with Crippen LogP contribution in [0.3, 0.4) is 0 Å². The van der Waals surface area contributed by atoms with Gasteiger partial charge in [-0.1, -0.05) is 12.1 Å². The summed E-state index contributed by atoms with van der Waals surface area (Å²) < 4.78 is 10.4. The Labute approximate surface area is 158 Å². The van der Waals surface area contributed by atoms with Crippen molar-refractivity contribution in [3.63, 3.8) is 0 Å². The normalized spacial score (nSPS) is 13.9. The number of ether oxygens (including phenoxy) is 2. The van der Waals surface area contributed by atoms with Crippen LogP contribution in [0.15, 0.2) is 48.5 Å². The van der Waals surface area contributed by atoms with Gasteiger partial charge < -0.3 is 24.6 Å². The van der Waals surface area contributed by atoms with Gasteiger partial charge in [0, 0.05) is 31.9 Å². The number of nitrogens with one attached hydrogen (secondary N) is 1. The molecule has 1 heterocycles. The SMILES string of the molecule is COc1ccc(N2CCN(C(=O)C(=O)Nc3ccccc3OC)CC2)cc1. The summed E-state index contributed by atoms with van der Waals surface area (Å²) in [5, 5.41) is 2.63. The quantitative estimate of drug-likeness (QED) is 0.835. The average Bonchev–Trinajstić information content (AvgIpc) is 2.73. The lowest BCUT2D eigenvalue weighted by Gasteiger charge is -2.35. The van der Waals surface area contributed by atoms with Crippen LogP contribution in [-0.2, 0) is 9.59 Å². The smallest absolute Gasteiger partial charge is 0.314 e. The number of nitrogens with zero attached hydrogens (tertiary/aromatic N) is 2. The molecule has 0 unspecified atom stereocenters. The third-order valence-corrected chi connectivity index (χ3v) is 4.55. The number of amides is 2. The number of hydrogen-bond donors (Lipinski definition) is 1. The van der Waals surface area contributed by atoms with E-state index < -0.39 is 11.8 Å². The fourth-order valence-electron chi connectivity index (χ4n) is 3.03. The molecule has 0 aromatic heterocycles. The van der Waals surface area contributed by atoms with E-state index in [9.17, 15) is 9.59 Å². The molecule has 3 rings (SSSR count). The molecule has 2 aromatic carbocycles. The first-order valence-electron chi connectivity index (χ1n) is 8.74. The summed E-state index contributed by atoms with van der Waals surface area (Å²) in [5.41, 5.74) is 1.55. The summed E-state index contributed by atoms with van der Waals surface area (Å²) in [4.78, 5) is 28.5. The summed E-state index contributed by atoms with van der Waals surface area (Å²) in [6, 6.07) is 14.8. The number of benzene rings is 2. The van der Waals surface area contributed by atoms with Crippen molar-refractivity contribution >= 4 is 23.2 Å². The number of carbonyl (C=O) groups excluding carboxylic acids is 2. The standard InChI is InChI=1S/C20H23N3O4/c1-26-16-9-7-15(8-10-16)22-11-13-23(14-12-22)20(25)19(24)21-17-5-3-4-6-18(17)27-2/h3-10H,11-14H2,1-2H3,(H,21,24). The van der Waals surface area contributed by atoms with Crippen LogP contribution in [0, 0.1) is 0 Å². The van der Waals surface area contributed by atoms with Crippen molar-refractivity contribution in [2.75, 3.05) is 50.6 Å². The highest BCUT2D eigenvalue weighted by molar-refractivity contribution is 6.39. The van der Waals surface area contributed by atoms with E-state index in [1.165, 1.54) is 7.11 Å². The molecule has 1 fully saturated rings. The van der Waals surface area contributed by atoms with Crippen LogP contribution < -0.4 is 19.7 Å². The second-order valence-electron chi connectivity index (χ2n) is 6.13. The van der Waals surface area contributed by atoms with Crippen LogP contribution in [0.2, 0.25) is 0 Å². The third-order valence-electron chi connectivity index (χ3n) is 4.55. The number of piperazine rings is 1. The van der Waals surface area contributed by atoms with Crippen molar-refractivity contribution in [2.45, 2.75) is 0 Å². The summed E-state index contributed by atoms with van der Waals surface area (Å²) in [6.07, 6.45) is 0. The van der Waals surface area contributed by atoms with E-state index in [2.05, 4.69) is 10.2 Å².